The van der Waals surface area contributed by atoms with Crippen molar-refractivity contribution in [1.82, 2.24) is 15.2 Å². The molecule has 1 unspecified atom stereocenters. The standard InChI is InChI=1S/C12H16N4/c1-3-6-10(14-13)12-9-7-4-5-8-11(9)16(2)15-12/h3-5,7-8,10,14H,1,6,13H2,2H3. The Kier molecular flexibility index (Phi) is 3.03. The lowest BCUT2D eigenvalue weighted by atomic mass is 10.1. The van der Waals surface area contributed by atoms with E-state index in [2.05, 4.69) is 23.2 Å². The SMILES string of the molecule is C=CCC(NN)c1nn(C)c2ccccc12. The number of para-hydroxylation sites is 1. The molecule has 3 N–H and O–H groups in total. The van der Waals surface area contributed by atoms with Crippen LogP contribution in [-0.4, -0.2) is 9.78 Å². The molecule has 0 spiro atoms. The third-order valence-corrected chi connectivity index (χ3v) is 2.72. The molecule has 1 aromatic carbocycles. The minimum atomic E-state index is 0.0172. The zero-order valence-corrected chi connectivity index (χ0v) is 9.35. The minimum absolute atomic E-state index is 0.0172. The summed E-state index contributed by atoms with van der Waals surface area (Å²) in [6.07, 6.45) is 2.60. The lowest BCUT2D eigenvalue weighted by Gasteiger charge is -2.10. The molecule has 2 aromatic rings. The van der Waals surface area contributed by atoms with E-state index in [4.69, 9.17) is 5.84 Å². The topological polar surface area (TPSA) is 55.9 Å². The predicted octanol–water partition coefficient (Wildman–Crippen LogP) is 1.65. The Bertz CT molecular complexity index is 501. The van der Waals surface area contributed by atoms with Crippen molar-refractivity contribution in [1.29, 1.82) is 0 Å². The third-order valence-electron chi connectivity index (χ3n) is 2.72. The van der Waals surface area contributed by atoms with E-state index in [-0.39, 0.29) is 6.04 Å². The van der Waals surface area contributed by atoms with E-state index in [1.54, 1.807) is 0 Å². The monoisotopic (exact) mass is 216 g/mol. The number of fused-ring (bicyclic) bond motifs is 1. The van der Waals surface area contributed by atoms with Crippen molar-refractivity contribution >= 4 is 10.9 Å². The zero-order valence-electron chi connectivity index (χ0n) is 9.35. The second-order valence-electron chi connectivity index (χ2n) is 3.77. The fraction of sp³-hybridized carbons (Fsp3) is 0.250. The molecule has 0 aliphatic rings. The van der Waals surface area contributed by atoms with Crippen LogP contribution in [0, 0.1) is 0 Å². The summed E-state index contributed by atoms with van der Waals surface area (Å²) in [6.45, 7) is 3.73. The number of aryl methyl sites for hydroxylation is 1. The van der Waals surface area contributed by atoms with Crippen LogP contribution in [0.3, 0.4) is 0 Å². The molecule has 0 fully saturated rings. The quantitative estimate of drug-likeness (QED) is 0.464. The highest BCUT2D eigenvalue weighted by atomic mass is 15.3. The summed E-state index contributed by atoms with van der Waals surface area (Å²) < 4.78 is 1.87. The molecule has 0 saturated heterocycles. The van der Waals surface area contributed by atoms with Gasteiger partial charge in [-0.2, -0.15) is 5.10 Å². The van der Waals surface area contributed by atoms with Crippen LogP contribution in [0.15, 0.2) is 36.9 Å². The van der Waals surface area contributed by atoms with Gasteiger partial charge in [0.25, 0.3) is 0 Å². The first-order chi connectivity index (χ1) is 7.77. The van der Waals surface area contributed by atoms with Gasteiger partial charge in [0.2, 0.25) is 0 Å². The molecule has 0 aliphatic heterocycles. The first-order valence-electron chi connectivity index (χ1n) is 5.26. The highest BCUT2D eigenvalue weighted by Gasteiger charge is 2.15. The Morgan fingerprint density at radius 1 is 1.56 bits per heavy atom. The van der Waals surface area contributed by atoms with Gasteiger partial charge in [0.15, 0.2) is 0 Å². The van der Waals surface area contributed by atoms with Crippen molar-refractivity contribution in [2.75, 3.05) is 0 Å². The van der Waals surface area contributed by atoms with Gasteiger partial charge in [-0.05, 0) is 12.5 Å². The predicted molar refractivity (Wildman–Crippen MR) is 65.6 cm³/mol. The highest BCUT2D eigenvalue weighted by molar-refractivity contribution is 5.82. The molecule has 0 bridgehead atoms. The van der Waals surface area contributed by atoms with Crippen LogP contribution in [-0.2, 0) is 7.05 Å². The number of nitrogens with one attached hydrogen (secondary N) is 1. The number of hydrogen-bond donors (Lipinski definition) is 2. The third kappa shape index (κ3) is 1.73. The second kappa shape index (κ2) is 4.47. The van der Waals surface area contributed by atoms with Gasteiger partial charge in [-0.3, -0.25) is 16.0 Å². The summed E-state index contributed by atoms with van der Waals surface area (Å²) in [5.41, 5.74) is 4.86. The molecule has 0 aliphatic carbocycles. The number of hydrogen-bond acceptors (Lipinski definition) is 3. The fourth-order valence-corrected chi connectivity index (χ4v) is 1.92. The molecule has 4 nitrogen and oxygen atoms in total. The Labute approximate surface area is 94.7 Å². The molecule has 0 saturated carbocycles. The van der Waals surface area contributed by atoms with Crippen molar-refractivity contribution in [2.24, 2.45) is 12.9 Å². The first kappa shape index (κ1) is 10.9. The molecular formula is C12H16N4. The summed E-state index contributed by atoms with van der Waals surface area (Å²) in [7, 11) is 1.94. The van der Waals surface area contributed by atoms with E-state index in [0.717, 1.165) is 23.0 Å². The normalized spacial score (nSPS) is 12.9. The lowest BCUT2D eigenvalue weighted by molar-refractivity contribution is 0.541. The highest BCUT2D eigenvalue weighted by Crippen LogP contribution is 2.24. The van der Waals surface area contributed by atoms with Gasteiger partial charge in [-0.15, -0.1) is 6.58 Å². The van der Waals surface area contributed by atoms with Gasteiger partial charge < -0.3 is 0 Å². The first-order valence-corrected chi connectivity index (χ1v) is 5.26. The number of hydrazine groups is 1. The largest absolute Gasteiger partial charge is 0.271 e. The average Bonchev–Trinajstić information content (AvgIpc) is 2.65. The van der Waals surface area contributed by atoms with Gasteiger partial charge in [-0.25, -0.2) is 0 Å². The summed E-state index contributed by atoms with van der Waals surface area (Å²) in [6, 6.07) is 8.14. The average molecular weight is 216 g/mol. The minimum Gasteiger partial charge on any atom is -0.271 e. The van der Waals surface area contributed by atoms with Crippen molar-refractivity contribution in [3.63, 3.8) is 0 Å². The maximum atomic E-state index is 5.54. The molecule has 4 heteroatoms. The van der Waals surface area contributed by atoms with Crippen LogP contribution in [0.5, 0.6) is 0 Å². The number of benzene rings is 1. The van der Waals surface area contributed by atoms with Crippen LogP contribution in [0.2, 0.25) is 0 Å². The smallest absolute Gasteiger partial charge is 0.0889 e. The Hall–Kier alpha value is -1.65. The molecule has 84 valence electrons. The summed E-state index contributed by atoms with van der Waals surface area (Å²) in [5.74, 6) is 5.54. The van der Waals surface area contributed by atoms with Crippen LogP contribution in [0.1, 0.15) is 18.2 Å². The van der Waals surface area contributed by atoms with E-state index in [9.17, 15) is 0 Å². The van der Waals surface area contributed by atoms with Crippen LogP contribution >= 0.6 is 0 Å². The maximum absolute atomic E-state index is 5.54. The molecular weight excluding hydrogens is 200 g/mol. The van der Waals surface area contributed by atoms with Crippen molar-refractivity contribution in [3.8, 4) is 0 Å². The summed E-state index contributed by atoms with van der Waals surface area (Å²) in [5, 5.41) is 5.64. The molecule has 1 aromatic heterocycles. The van der Waals surface area contributed by atoms with Gasteiger partial charge in [0.1, 0.15) is 0 Å². The molecule has 0 radical (unpaired) electrons. The molecule has 16 heavy (non-hydrogen) atoms. The number of nitrogens with two attached hydrogens (primary N) is 1. The fourth-order valence-electron chi connectivity index (χ4n) is 1.92. The second-order valence-corrected chi connectivity index (χ2v) is 3.77. The number of nitrogens with zero attached hydrogens (tertiary/aromatic N) is 2. The molecule has 0 amide bonds. The van der Waals surface area contributed by atoms with Crippen molar-refractivity contribution in [3.05, 3.63) is 42.6 Å². The zero-order chi connectivity index (χ0) is 11.5. The maximum Gasteiger partial charge on any atom is 0.0889 e. The Morgan fingerprint density at radius 2 is 2.31 bits per heavy atom. The van der Waals surface area contributed by atoms with Crippen LogP contribution in [0.25, 0.3) is 10.9 Å². The summed E-state index contributed by atoms with van der Waals surface area (Å²) >= 11 is 0. The summed E-state index contributed by atoms with van der Waals surface area (Å²) in [4.78, 5) is 0. The number of rotatable bonds is 4. The van der Waals surface area contributed by atoms with Crippen LogP contribution in [0.4, 0.5) is 0 Å². The van der Waals surface area contributed by atoms with Crippen molar-refractivity contribution in [2.45, 2.75) is 12.5 Å². The Morgan fingerprint density at radius 3 is 3.00 bits per heavy atom. The van der Waals surface area contributed by atoms with E-state index in [0.29, 0.717) is 0 Å². The van der Waals surface area contributed by atoms with Gasteiger partial charge in [0.05, 0.1) is 17.3 Å². The van der Waals surface area contributed by atoms with E-state index < -0.39 is 0 Å². The van der Waals surface area contributed by atoms with Crippen LogP contribution < -0.4 is 11.3 Å². The van der Waals surface area contributed by atoms with Gasteiger partial charge in [-0.1, -0.05) is 24.3 Å². The molecule has 2 rings (SSSR count). The number of aromatic nitrogens is 2. The van der Waals surface area contributed by atoms with E-state index >= 15 is 0 Å². The van der Waals surface area contributed by atoms with Gasteiger partial charge >= 0.3 is 0 Å². The Balaban J connectivity index is 2.55. The van der Waals surface area contributed by atoms with E-state index in [1.165, 1.54) is 0 Å². The molecule has 1 atom stereocenters. The van der Waals surface area contributed by atoms with Crippen molar-refractivity contribution < 1.29 is 0 Å². The van der Waals surface area contributed by atoms with Gasteiger partial charge in [0, 0.05) is 12.4 Å². The molecule has 1 heterocycles. The lowest BCUT2D eigenvalue weighted by Crippen LogP contribution is -2.28. The van der Waals surface area contributed by atoms with E-state index in [1.807, 2.05) is 36.0 Å².